The first-order valence-corrected chi connectivity index (χ1v) is 8.12. The summed E-state index contributed by atoms with van der Waals surface area (Å²) in [4.78, 5) is 10.2. The monoisotopic (exact) mass is 302 g/mol. The lowest BCUT2D eigenvalue weighted by molar-refractivity contribution is 0.667. The van der Waals surface area contributed by atoms with Gasteiger partial charge in [0.1, 0.15) is 0 Å². The van der Waals surface area contributed by atoms with Crippen molar-refractivity contribution in [1.82, 2.24) is 14.5 Å². The van der Waals surface area contributed by atoms with Crippen molar-refractivity contribution in [3.8, 4) is 0 Å². The predicted octanol–water partition coefficient (Wildman–Crippen LogP) is 3.58. The first-order chi connectivity index (χ1) is 11.4. The number of benzene rings is 2. The number of imidazole rings is 1. The molecule has 0 fully saturated rings. The molecule has 0 amide bonds. The zero-order valence-corrected chi connectivity index (χ0v) is 12.9. The minimum Gasteiger partial charge on any atom is -0.369 e. The van der Waals surface area contributed by atoms with Crippen LogP contribution < -0.4 is 4.90 Å². The Morgan fingerprint density at radius 2 is 2.00 bits per heavy atom. The number of fused-ring (bicyclic) bond motifs is 4. The molecule has 23 heavy (non-hydrogen) atoms. The molecule has 4 heteroatoms. The molecule has 1 aliphatic rings. The molecule has 3 heterocycles. The Kier molecular flexibility index (Phi) is 2.71. The van der Waals surface area contributed by atoms with E-state index in [2.05, 4.69) is 55.8 Å². The maximum absolute atomic E-state index is 4.12. The normalized spacial score (nSPS) is 14.0. The average molecular weight is 302 g/mol. The highest BCUT2D eigenvalue weighted by Gasteiger charge is 2.20. The number of rotatable bonds is 3. The summed E-state index contributed by atoms with van der Waals surface area (Å²) in [7, 11) is 0. The van der Waals surface area contributed by atoms with Gasteiger partial charge in [-0.15, -0.1) is 0 Å². The van der Waals surface area contributed by atoms with E-state index in [0.29, 0.717) is 0 Å². The smallest absolute Gasteiger partial charge is 0.0946 e. The SMILES string of the molecule is c1ccc2c(c1)[nH]c1cc3c(cc12)CCN3CCn1ccnc1. The Morgan fingerprint density at radius 1 is 1.04 bits per heavy atom. The molecule has 5 rings (SSSR count). The molecule has 0 saturated heterocycles. The van der Waals surface area contributed by atoms with E-state index in [1.165, 1.54) is 33.1 Å². The molecule has 0 radical (unpaired) electrons. The molecule has 0 unspecified atom stereocenters. The van der Waals surface area contributed by atoms with Gasteiger partial charge in [-0.3, -0.25) is 0 Å². The Labute approximate surface area is 134 Å². The van der Waals surface area contributed by atoms with Crippen molar-refractivity contribution in [2.45, 2.75) is 13.0 Å². The van der Waals surface area contributed by atoms with Gasteiger partial charge in [0.15, 0.2) is 0 Å². The lowest BCUT2D eigenvalue weighted by Gasteiger charge is -2.19. The van der Waals surface area contributed by atoms with E-state index in [4.69, 9.17) is 0 Å². The summed E-state index contributed by atoms with van der Waals surface area (Å²) in [5.41, 5.74) is 5.30. The molecule has 1 aliphatic heterocycles. The Bertz CT molecular complexity index is 981. The van der Waals surface area contributed by atoms with E-state index in [9.17, 15) is 0 Å². The van der Waals surface area contributed by atoms with Crippen LogP contribution in [0.3, 0.4) is 0 Å². The molecule has 114 valence electrons. The summed E-state index contributed by atoms with van der Waals surface area (Å²) >= 11 is 0. The lowest BCUT2D eigenvalue weighted by Crippen LogP contribution is -2.24. The van der Waals surface area contributed by atoms with Crippen molar-refractivity contribution in [3.63, 3.8) is 0 Å². The van der Waals surface area contributed by atoms with Gasteiger partial charge in [0.05, 0.1) is 6.33 Å². The van der Waals surface area contributed by atoms with Crippen LogP contribution in [0.25, 0.3) is 21.8 Å². The van der Waals surface area contributed by atoms with Crippen molar-refractivity contribution < 1.29 is 0 Å². The molecule has 0 aliphatic carbocycles. The topological polar surface area (TPSA) is 36.9 Å². The summed E-state index contributed by atoms with van der Waals surface area (Å²) in [6, 6.07) is 13.2. The summed E-state index contributed by atoms with van der Waals surface area (Å²) in [6.45, 7) is 3.11. The van der Waals surface area contributed by atoms with Gasteiger partial charge in [-0.2, -0.15) is 0 Å². The molecule has 0 atom stereocenters. The lowest BCUT2D eigenvalue weighted by atomic mass is 10.1. The summed E-state index contributed by atoms with van der Waals surface area (Å²) < 4.78 is 2.14. The number of aromatic amines is 1. The zero-order chi connectivity index (χ0) is 15.2. The first-order valence-electron chi connectivity index (χ1n) is 8.12. The molecule has 0 spiro atoms. The summed E-state index contributed by atoms with van der Waals surface area (Å²) in [5, 5.41) is 2.66. The molecule has 1 N–H and O–H groups in total. The molecule has 2 aromatic heterocycles. The van der Waals surface area contributed by atoms with Crippen LogP contribution in [0.2, 0.25) is 0 Å². The quantitative estimate of drug-likeness (QED) is 0.628. The number of para-hydroxylation sites is 1. The number of nitrogens with one attached hydrogen (secondary N) is 1. The second-order valence-corrected chi connectivity index (χ2v) is 6.23. The standard InChI is InChI=1S/C19H18N4/c1-2-4-17-15(3-1)16-11-14-5-7-23(19(14)12-18(16)21-17)10-9-22-8-6-20-13-22/h1-4,6,8,11-13,21H,5,7,9-10H2. The molecular weight excluding hydrogens is 284 g/mol. The highest BCUT2D eigenvalue weighted by Crippen LogP contribution is 2.35. The van der Waals surface area contributed by atoms with E-state index in [1.54, 1.807) is 0 Å². The number of hydrogen-bond acceptors (Lipinski definition) is 2. The minimum absolute atomic E-state index is 0.976. The van der Waals surface area contributed by atoms with Crippen molar-refractivity contribution in [1.29, 1.82) is 0 Å². The van der Waals surface area contributed by atoms with E-state index >= 15 is 0 Å². The van der Waals surface area contributed by atoms with Gasteiger partial charge in [-0.1, -0.05) is 18.2 Å². The fourth-order valence-electron chi connectivity index (χ4n) is 3.69. The van der Waals surface area contributed by atoms with E-state index in [0.717, 1.165) is 26.1 Å². The number of nitrogens with zero attached hydrogens (tertiary/aromatic N) is 3. The summed E-state index contributed by atoms with van der Waals surface area (Å²) in [6.07, 6.45) is 6.89. The number of anilines is 1. The van der Waals surface area contributed by atoms with Gasteiger partial charge in [-0.25, -0.2) is 4.98 Å². The van der Waals surface area contributed by atoms with Crippen molar-refractivity contribution in [2.75, 3.05) is 18.0 Å². The summed E-state index contributed by atoms with van der Waals surface area (Å²) in [5.74, 6) is 0. The van der Waals surface area contributed by atoms with Gasteiger partial charge in [0.2, 0.25) is 0 Å². The van der Waals surface area contributed by atoms with E-state index in [-0.39, 0.29) is 0 Å². The van der Waals surface area contributed by atoms with Gasteiger partial charge >= 0.3 is 0 Å². The highest BCUT2D eigenvalue weighted by molar-refractivity contribution is 6.08. The Morgan fingerprint density at radius 3 is 2.91 bits per heavy atom. The predicted molar refractivity (Wildman–Crippen MR) is 93.9 cm³/mol. The van der Waals surface area contributed by atoms with Crippen molar-refractivity contribution >= 4 is 27.5 Å². The van der Waals surface area contributed by atoms with Gasteiger partial charge < -0.3 is 14.5 Å². The third kappa shape index (κ3) is 2.02. The van der Waals surface area contributed by atoms with E-state index in [1.807, 2.05) is 18.7 Å². The molecule has 4 aromatic rings. The largest absolute Gasteiger partial charge is 0.369 e. The second kappa shape index (κ2) is 4.88. The van der Waals surface area contributed by atoms with Crippen LogP contribution in [0, 0.1) is 0 Å². The van der Waals surface area contributed by atoms with E-state index < -0.39 is 0 Å². The Hall–Kier alpha value is -2.75. The van der Waals surface area contributed by atoms with Crippen molar-refractivity contribution in [2.24, 2.45) is 0 Å². The van der Waals surface area contributed by atoms with Crippen LogP contribution in [-0.2, 0) is 13.0 Å². The maximum Gasteiger partial charge on any atom is 0.0946 e. The van der Waals surface area contributed by atoms with Crippen LogP contribution in [-0.4, -0.2) is 27.6 Å². The average Bonchev–Trinajstić information content (AvgIpc) is 3.29. The zero-order valence-electron chi connectivity index (χ0n) is 12.9. The number of aromatic nitrogens is 3. The van der Waals surface area contributed by atoms with Gasteiger partial charge in [0.25, 0.3) is 0 Å². The highest BCUT2D eigenvalue weighted by atomic mass is 15.2. The van der Waals surface area contributed by atoms with Crippen LogP contribution >= 0.6 is 0 Å². The molecular formula is C19H18N4. The van der Waals surface area contributed by atoms with Crippen LogP contribution in [0.1, 0.15) is 5.56 Å². The maximum atomic E-state index is 4.12. The van der Waals surface area contributed by atoms with Crippen molar-refractivity contribution in [3.05, 3.63) is 60.7 Å². The minimum atomic E-state index is 0.976. The molecule has 4 nitrogen and oxygen atoms in total. The number of H-pyrrole nitrogens is 1. The fraction of sp³-hybridized carbons (Fsp3) is 0.211. The molecule has 0 saturated carbocycles. The molecule has 2 aromatic carbocycles. The fourth-order valence-corrected chi connectivity index (χ4v) is 3.69. The Balaban J connectivity index is 1.53. The number of hydrogen-bond donors (Lipinski definition) is 1. The molecule has 0 bridgehead atoms. The third-order valence-corrected chi connectivity index (χ3v) is 4.88. The van der Waals surface area contributed by atoms with Crippen LogP contribution in [0.4, 0.5) is 5.69 Å². The van der Waals surface area contributed by atoms with Crippen LogP contribution in [0.5, 0.6) is 0 Å². The first kappa shape index (κ1) is 12.8. The van der Waals surface area contributed by atoms with Gasteiger partial charge in [0, 0.05) is 59.5 Å². The van der Waals surface area contributed by atoms with Crippen LogP contribution in [0.15, 0.2) is 55.1 Å². The third-order valence-electron chi connectivity index (χ3n) is 4.88. The second-order valence-electron chi connectivity index (χ2n) is 6.23. The van der Waals surface area contributed by atoms with Gasteiger partial charge in [-0.05, 0) is 30.2 Å².